The molecule has 1 nitrogen and oxygen atoms in total. The Kier molecular flexibility index (Phi) is 3.05. The van der Waals surface area contributed by atoms with Gasteiger partial charge in [0.05, 0.1) is 0 Å². The molecule has 0 bridgehead atoms. The van der Waals surface area contributed by atoms with E-state index in [4.69, 9.17) is 4.99 Å². The number of hydrogen-bond acceptors (Lipinski definition) is 1. The normalized spacial score (nSPS) is 21.4. The van der Waals surface area contributed by atoms with Crippen LogP contribution < -0.4 is 0 Å². The van der Waals surface area contributed by atoms with E-state index in [0.717, 1.165) is 0 Å². The summed E-state index contributed by atoms with van der Waals surface area (Å²) in [7, 11) is 0. The Morgan fingerprint density at radius 2 is 2.00 bits per heavy atom. The van der Waals surface area contributed by atoms with Crippen molar-refractivity contribution in [1.29, 1.82) is 0 Å². The van der Waals surface area contributed by atoms with Crippen LogP contribution in [0.2, 0.25) is 5.32 Å². The summed E-state index contributed by atoms with van der Waals surface area (Å²) < 4.78 is 1.36. The van der Waals surface area contributed by atoms with Gasteiger partial charge < -0.3 is 0 Å². The number of aliphatic imine (C=N–C) groups is 1. The van der Waals surface area contributed by atoms with Crippen molar-refractivity contribution in [1.82, 2.24) is 0 Å². The van der Waals surface area contributed by atoms with E-state index in [1.54, 1.807) is 0 Å². The van der Waals surface area contributed by atoms with Gasteiger partial charge in [-0.15, -0.1) is 0 Å². The molecule has 0 saturated carbocycles. The predicted molar refractivity (Wildman–Crippen MR) is 62.2 cm³/mol. The van der Waals surface area contributed by atoms with Crippen molar-refractivity contribution in [2.24, 2.45) is 10.9 Å². The third-order valence-electron chi connectivity index (χ3n) is 2.46. The molecule has 1 aromatic carbocycles. The molecule has 1 aromatic rings. The van der Waals surface area contributed by atoms with Gasteiger partial charge in [0.25, 0.3) is 0 Å². The molecule has 1 aliphatic rings. The van der Waals surface area contributed by atoms with Crippen molar-refractivity contribution < 1.29 is 0 Å². The van der Waals surface area contributed by atoms with Crippen LogP contribution in [0.15, 0.2) is 35.3 Å². The van der Waals surface area contributed by atoms with Crippen molar-refractivity contribution in [2.45, 2.75) is 25.2 Å². The molecule has 0 radical (unpaired) electrons. The van der Waals surface area contributed by atoms with E-state index in [9.17, 15) is 0 Å². The van der Waals surface area contributed by atoms with Crippen LogP contribution in [-0.4, -0.2) is 25.6 Å². The van der Waals surface area contributed by atoms with Crippen LogP contribution in [0.3, 0.4) is 0 Å². The van der Waals surface area contributed by atoms with Gasteiger partial charge in [0.1, 0.15) is 0 Å². The Bertz CT molecular complexity index is 329. The summed E-state index contributed by atoms with van der Waals surface area (Å²) in [5, 5.41) is 1.29. The molecule has 1 heterocycles. The van der Waals surface area contributed by atoms with Crippen molar-refractivity contribution in [3.63, 3.8) is 0 Å². The van der Waals surface area contributed by atoms with Crippen LogP contribution in [0, 0.1) is 5.92 Å². The Balaban J connectivity index is 2.18. The minimum absolute atomic E-state index is 0.574. The zero-order valence-electron chi connectivity index (χ0n) is 8.60. The molecule has 0 N–H and O–H groups in total. The first-order valence-electron chi connectivity index (χ1n) is 5.03. The summed E-state index contributed by atoms with van der Waals surface area (Å²) in [6.45, 7) is 4.52. The Morgan fingerprint density at radius 3 is 2.57 bits per heavy atom. The predicted octanol–water partition coefficient (Wildman–Crippen LogP) is 2.59. The SMILES string of the molecule is CC(C)[C@H]1C[Se]C(c2ccccc2)=N1. The van der Waals surface area contributed by atoms with E-state index >= 15 is 0 Å². The van der Waals surface area contributed by atoms with Crippen LogP contribution >= 0.6 is 0 Å². The molecule has 0 amide bonds. The average Bonchev–Trinajstić information content (AvgIpc) is 2.68. The van der Waals surface area contributed by atoms with Crippen molar-refractivity contribution >= 4 is 19.6 Å². The van der Waals surface area contributed by atoms with Crippen LogP contribution in [0.5, 0.6) is 0 Å². The fourth-order valence-corrected chi connectivity index (χ4v) is 4.20. The van der Waals surface area contributed by atoms with Gasteiger partial charge in [-0.3, -0.25) is 0 Å². The topological polar surface area (TPSA) is 12.4 Å². The van der Waals surface area contributed by atoms with Gasteiger partial charge >= 0.3 is 91.6 Å². The summed E-state index contributed by atoms with van der Waals surface area (Å²) in [5.41, 5.74) is 1.33. The van der Waals surface area contributed by atoms with E-state index < -0.39 is 0 Å². The van der Waals surface area contributed by atoms with Gasteiger partial charge in [-0.1, -0.05) is 0 Å². The van der Waals surface area contributed by atoms with Gasteiger partial charge in [0, 0.05) is 0 Å². The number of nitrogens with zero attached hydrogens (tertiary/aromatic N) is 1. The summed E-state index contributed by atoms with van der Waals surface area (Å²) in [6, 6.07) is 11.2. The van der Waals surface area contributed by atoms with E-state index in [-0.39, 0.29) is 0 Å². The molecule has 0 unspecified atom stereocenters. The number of rotatable bonds is 2. The first kappa shape index (κ1) is 9.95. The molecule has 14 heavy (non-hydrogen) atoms. The fraction of sp³-hybridized carbons (Fsp3) is 0.417. The zero-order valence-corrected chi connectivity index (χ0v) is 10.3. The summed E-state index contributed by atoms with van der Waals surface area (Å²) in [6.07, 6.45) is 0. The minimum atomic E-state index is 0.574. The van der Waals surface area contributed by atoms with Gasteiger partial charge in [0.15, 0.2) is 0 Å². The van der Waals surface area contributed by atoms with Gasteiger partial charge in [-0.2, -0.15) is 0 Å². The van der Waals surface area contributed by atoms with E-state index in [1.165, 1.54) is 15.5 Å². The number of hydrogen-bond donors (Lipinski definition) is 0. The Hall–Kier alpha value is -0.591. The molecule has 0 aromatic heterocycles. The summed E-state index contributed by atoms with van der Waals surface area (Å²) in [5.74, 6) is 0.693. The summed E-state index contributed by atoms with van der Waals surface area (Å²) >= 11 is 0.594. The van der Waals surface area contributed by atoms with E-state index in [2.05, 4.69) is 44.2 Å². The molecule has 2 rings (SSSR count). The average molecular weight is 252 g/mol. The second-order valence-electron chi connectivity index (χ2n) is 3.92. The molecular formula is C12H15NSe. The molecule has 1 atom stereocenters. The molecule has 1 aliphatic heterocycles. The van der Waals surface area contributed by atoms with E-state index in [1.807, 2.05) is 0 Å². The summed E-state index contributed by atoms with van der Waals surface area (Å²) in [4.78, 5) is 4.80. The van der Waals surface area contributed by atoms with Gasteiger partial charge in [-0.05, 0) is 0 Å². The van der Waals surface area contributed by atoms with Gasteiger partial charge in [0.2, 0.25) is 0 Å². The first-order chi connectivity index (χ1) is 6.77. The van der Waals surface area contributed by atoms with Crippen LogP contribution in [0.1, 0.15) is 19.4 Å². The van der Waals surface area contributed by atoms with Crippen LogP contribution in [0.25, 0.3) is 0 Å². The standard InChI is InChI=1S/C12H15NSe/c1-9(2)11-8-14-12(13-11)10-6-4-3-5-7-10/h3-7,9,11H,8H2,1-2H3/t11-/m1/s1. The maximum atomic E-state index is 4.80. The van der Waals surface area contributed by atoms with Crippen molar-refractivity contribution in [3.05, 3.63) is 35.9 Å². The number of benzene rings is 1. The van der Waals surface area contributed by atoms with Crippen LogP contribution in [0.4, 0.5) is 0 Å². The monoisotopic (exact) mass is 253 g/mol. The second-order valence-corrected chi connectivity index (χ2v) is 6.04. The molecule has 0 spiro atoms. The maximum absolute atomic E-state index is 4.80. The molecule has 74 valence electrons. The van der Waals surface area contributed by atoms with Gasteiger partial charge in [-0.25, -0.2) is 0 Å². The zero-order chi connectivity index (χ0) is 9.97. The molecule has 2 heteroatoms. The fourth-order valence-electron chi connectivity index (χ4n) is 1.47. The Labute approximate surface area is 91.8 Å². The molecule has 0 aliphatic carbocycles. The first-order valence-corrected chi connectivity index (χ1v) is 7.10. The third-order valence-corrected chi connectivity index (χ3v) is 4.82. The quantitative estimate of drug-likeness (QED) is 0.717. The molecular weight excluding hydrogens is 237 g/mol. The van der Waals surface area contributed by atoms with Crippen molar-refractivity contribution in [3.8, 4) is 0 Å². The Morgan fingerprint density at radius 1 is 1.29 bits per heavy atom. The van der Waals surface area contributed by atoms with E-state index in [0.29, 0.717) is 26.9 Å². The molecule has 0 fully saturated rings. The van der Waals surface area contributed by atoms with Crippen molar-refractivity contribution in [2.75, 3.05) is 0 Å². The molecule has 0 saturated heterocycles. The third kappa shape index (κ3) is 2.07. The van der Waals surface area contributed by atoms with Crippen LogP contribution in [-0.2, 0) is 0 Å². The second kappa shape index (κ2) is 4.29.